The molecule has 1 atom stereocenters. The van der Waals surface area contributed by atoms with E-state index in [1.165, 1.54) is 0 Å². The van der Waals surface area contributed by atoms with Crippen LogP contribution in [0.2, 0.25) is 0 Å². The molecule has 0 unspecified atom stereocenters. The molecule has 5 nitrogen and oxygen atoms in total. The van der Waals surface area contributed by atoms with Crippen LogP contribution in [0.5, 0.6) is 0 Å². The minimum atomic E-state index is 0.0291. The minimum Gasteiger partial charge on any atom is -0.338 e. The Labute approximate surface area is 138 Å². The van der Waals surface area contributed by atoms with E-state index in [1.54, 1.807) is 40.8 Å². The van der Waals surface area contributed by atoms with E-state index in [-0.39, 0.29) is 5.25 Å². The van der Waals surface area contributed by atoms with E-state index in [9.17, 15) is 0 Å². The second-order valence-electron chi connectivity index (χ2n) is 4.51. The van der Waals surface area contributed by atoms with Crippen LogP contribution in [0.15, 0.2) is 44.8 Å². The van der Waals surface area contributed by atoms with E-state index in [2.05, 4.69) is 20.1 Å². The van der Waals surface area contributed by atoms with Crippen molar-refractivity contribution in [2.24, 2.45) is 0 Å². The summed E-state index contributed by atoms with van der Waals surface area (Å²) in [5, 5.41) is 9.05. The topological polar surface area (TPSA) is 64.7 Å². The van der Waals surface area contributed by atoms with Crippen LogP contribution in [0, 0.1) is 0 Å². The SMILES string of the molecule is C[C@@H](Sc1ncnc2ccsc12)c1nc(-c2cccs2)no1. The van der Waals surface area contributed by atoms with Gasteiger partial charge < -0.3 is 4.52 Å². The van der Waals surface area contributed by atoms with Crippen LogP contribution in [0.4, 0.5) is 0 Å². The normalized spacial score (nSPS) is 12.8. The van der Waals surface area contributed by atoms with Gasteiger partial charge in [0, 0.05) is 0 Å². The van der Waals surface area contributed by atoms with E-state index in [4.69, 9.17) is 4.52 Å². The Kier molecular flexibility index (Phi) is 3.65. The van der Waals surface area contributed by atoms with Gasteiger partial charge >= 0.3 is 0 Å². The van der Waals surface area contributed by atoms with Gasteiger partial charge in [0.05, 0.1) is 20.3 Å². The van der Waals surface area contributed by atoms with Crippen LogP contribution < -0.4 is 0 Å². The molecule has 0 aliphatic heterocycles. The van der Waals surface area contributed by atoms with Gasteiger partial charge in [-0.2, -0.15) is 4.98 Å². The van der Waals surface area contributed by atoms with Gasteiger partial charge in [0.25, 0.3) is 0 Å². The summed E-state index contributed by atoms with van der Waals surface area (Å²) in [6.07, 6.45) is 1.59. The molecule has 0 radical (unpaired) electrons. The molecule has 110 valence electrons. The van der Waals surface area contributed by atoms with Gasteiger partial charge in [0.1, 0.15) is 11.4 Å². The average Bonchev–Trinajstić information content (AvgIpc) is 3.27. The first-order valence-electron chi connectivity index (χ1n) is 6.53. The number of fused-ring (bicyclic) bond motifs is 1. The van der Waals surface area contributed by atoms with E-state index in [1.807, 2.05) is 35.9 Å². The molecular weight excluding hydrogens is 336 g/mol. The maximum absolute atomic E-state index is 5.40. The number of thioether (sulfide) groups is 1. The van der Waals surface area contributed by atoms with Crippen LogP contribution in [0.1, 0.15) is 18.1 Å². The molecule has 0 aliphatic rings. The van der Waals surface area contributed by atoms with Crippen molar-refractivity contribution in [1.29, 1.82) is 0 Å². The second-order valence-corrected chi connectivity index (χ2v) is 7.70. The third-order valence-corrected chi connectivity index (χ3v) is 6.02. The Balaban J connectivity index is 1.60. The molecule has 0 amide bonds. The molecule has 0 bridgehead atoms. The Morgan fingerprint density at radius 1 is 1.18 bits per heavy atom. The quantitative estimate of drug-likeness (QED) is 0.396. The average molecular weight is 346 g/mol. The molecule has 4 heterocycles. The highest BCUT2D eigenvalue weighted by atomic mass is 32.2. The van der Waals surface area contributed by atoms with Crippen molar-refractivity contribution in [3.8, 4) is 10.7 Å². The molecule has 0 saturated heterocycles. The number of aromatic nitrogens is 4. The first-order valence-corrected chi connectivity index (χ1v) is 9.17. The number of rotatable bonds is 4. The van der Waals surface area contributed by atoms with Gasteiger partial charge in [0.15, 0.2) is 0 Å². The zero-order chi connectivity index (χ0) is 14.9. The molecule has 0 spiro atoms. The van der Waals surface area contributed by atoms with Crippen molar-refractivity contribution in [2.45, 2.75) is 17.2 Å². The van der Waals surface area contributed by atoms with E-state index in [0.717, 1.165) is 20.1 Å². The lowest BCUT2D eigenvalue weighted by Gasteiger charge is -2.05. The van der Waals surface area contributed by atoms with Gasteiger partial charge in [0.2, 0.25) is 11.7 Å². The summed E-state index contributed by atoms with van der Waals surface area (Å²) in [7, 11) is 0. The van der Waals surface area contributed by atoms with Gasteiger partial charge in [-0.3, -0.25) is 0 Å². The Bertz CT molecular complexity index is 900. The van der Waals surface area contributed by atoms with Gasteiger partial charge in [-0.15, -0.1) is 22.7 Å². The fourth-order valence-electron chi connectivity index (χ4n) is 1.97. The maximum Gasteiger partial charge on any atom is 0.240 e. The standard InChI is InChI=1S/C14H10N4OS3/c1-8(13-17-12(18-19-13)10-3-2-5-20-10)22-14-11-9(4-6-21-11)15-7-16-14/h2-8H,1H3/t8-/m1/s1. The van der Waals surface area contributed by atoms with Gasteiger partial charge in [-0.25, -0.2) is 9.97 Å². The number of thiophene rings is 2. The predicted molar refractivity (Wildman–Crippen MR) is 89.3 cm³/mol. The summed E-state index contributed by atoms with van der Waals surface area (Å²) in [6, 6.07) is 5.96. The highest BCUT2D eigenvalue weighted by Crippen LogP contribution is 2.38. The van der Waals surface area contributed by atoms with Crippen molar-refractivity contribution in [1.82, 2.24) is 20.1 Å². The summed E-state index contributed by atoms with van der Waals surface area (Å²) in [5.74, 6) is 1.25. The Morgan fingerprint density at radius 3 is 3.00 bits per heavy atom. The monoisotopic (exact) mass is 346 g/mol. The molecule has 0 aliphatic carbocycles. The molecule has 8 heteroatoms. The van der Waals surface area contributed by atoms with Crippen molar-refractivity contribution < 1.29 is 4.52 Å². The third-order valence-electron chi connectivity index (χ3n) is 3.03. The highest BCUT2D eigenvalue weighted by Gasteiger charge is 2.19. The van der Waals surface area contributed by atoms with Crippen molar-refractivity contribution in [3.63, 3.8) is 0 Å². The fourth-order valence-corrected chi connectivity index (χ4v) is 4.49. The first kappa shape index (κ1) is 13.9. The lowest BCUT2D eigenvalue weighted by Crippen LogP contribution is -1.91. The summed E-state index contributed by atoms with van der Waals surface area (Å²) in [4.78, 5) is 14.1. The van der Waals surface area contributed by atoms with Gasteiger partial charge in [-0.1, -0.05) is 23.0 Å². The molecule has 0 saturated carbocycles. The molecule has 0 aromatic carbocycles. The lowest BCUT2D eigenvalue weighted by atomic mass is 10.4. The molecular formula is C14H10N4OS3. The lowest BCUT2D eigenvalue weighted by molar-refractivity contribution is 0.381. The second kappa shape index (κ2) is 5.79. The van der Waals surface area contributed by atoms with E-state index >= 15 is 0 Å². The Morgan fingerprint density at radius 2 is 2.14 bits per heavy atom. The van der Waals surface area contributed by atoms with E-state index < -0.39 is 0 Å². The zero-order valence-corrected chi connectivity index (χ0v) is 13.9. The summed E-state index contributed by atoms with van der Waals surface area (Å²) >= 11 is 4.85. The third kappa shape index (κ3) is 2.53. The highest BCUT2D eigenvalue weighted by molar-refractivity contribution is 7.99. The largest absolute Gasteiger partial charge is 0.338 e. The first-order chi connectivity index (χ1) is 10.8. The molecule has 4 aromatic rings. The summed E-state index contributed by atoms with van der Waals surface area (Å²) < 4.78 is 6.50. The fraction of sp³-hybridized carbons (Fsp3) is 0.143. The van der Waals surface area contributed by atoms with Crippen molar-refractivity contribution in [2.75, 3.05) is 0 Å². The van der Waals surface area contributed by atoms with Crippen LogP contribution in [-0.2, 0) is 0 Å². The zero-order valence-electron chi connectivity index (χ0n) is 11.5. The summed E-state index contributed by atoms with van der Waals surface area (Å²) in [5.41, 5.74) is 0.972. The number of hydrogen-bond donors (Lipinski definition) is 0. The summed E-state index contributed by atoms with van der Waals surface area (Å²) in [6.45, 7) is 2.04. The molecule has 0 N–H and O–H groups in total. The van der Waals surface area contributed by atoms with Crippen molar-refractivity contribution in [3.05, 3.63) is 41.2 Å². The predicted octanol–water partition coefficient (Wildman–Crippen LogP) is 4.66. The molecule has 0 fully saturated rings. The van der Waals surface area contributed by atoms with E-state index in [0.29, 0.717) is 11.7 Å². The number of nitrogens with zero attached hydrogens (tertiary/aromatic N) is 4. The van der Waals surface area contributed by atoms with Crippen molar-refractivity contribution >= 4 is 44.7 Å². The Hall–Kier alpha value is -1.77. The molecule has 4 rings (SSSR count). The van der Waals surface area contributed by atoms with Gasteiger partial charge in [-0.05, 0) is 29.8 Å². The van der Waals surface area contributed by atoms with Crippen LogP contribution in [0.25, 0.3) is 20.9 Å². The molecule has 22 heavy (non-hydrogen) atoms. The van der Waals surface area contributed by atoms with Crippen LogP contribution >= 0.6 is 34.4 Å². The molecule has 4 aromatic heterocycles. The number of hydrogen-bond acceptors (Lipinski definition) is 8. The smallest absolute Gasteiger partial charge is 0.240 e. The van der Waals surface area contributed by atoms with Crippen LogP contribution in [0.3, 0.4) is 0 Å². The maximum atomic E-state index is 5.40. The van der Waals surface area contributed by atoms with Crippen LogP contribution in [-0.4, -0.2) is 20.1 Å². The minimum absolute atomic E-state index is 0.0291.